The summed E-state index contributed by atoms with van der Waals surface area (Å²) in [6.45, 7) is 1.77. The molecule has 146 valence electrons. The first-order valence-corrected chi connectivity index (χ1v) is 8.68. The van der Waals surface area contributed by atoms with Crippen molar-refractivity contribution in [1.29, 1.82) is 5.26 Å². The number of aromatic nitrogens is 2. The van der Waals surface area contributed by atoms with Crippen LogP contribution in [0.2, 0.25) is 0 Å². The molecule has 0 aliphatic carbocycles. The van der Waals surface area contributed by atoms with Crippen molar-refractivity contribution < 1.29 is 14.3 Å². The number of ether oxygens (including phenoxy) is 2. The van der Waals surface area contributed by atoms with E-state index >= 15 is 0 Å². The molecule has 0 spiro atoms. The highest BCUT2D eigenvalue weighted by molar-refractivity contribution is 6.03. The summed E-state index contributed by atoms with van der Waals surface area (Å²) >= 11 is 0. The Bertz CT molecular complexity index is 1070. The Kier molecular flexibility index (Phi) is 5.90. The topological polar surface area (TPSA) is 109 Å². The van der Waals surface area contributed by atoms with Crippen molar-refractivity contribution in [2.75, 3.05) is 24.9 Å². The molecule has 29 heavy (non-hydrogen) atoms. The average molecular weight is 389 g/mol. The molecule has 0 saturated heterocycles. The number of carbonyl (C=O) groups is 1. The Balaban J connectivity index is 1.84. The molecule has 0 bridgehead atoms. The summed E-state index contributed by atoms with van der Waals surface area (Å²) in [4.78, 5) is 21.3. The molecule has 8 heteroatoms. The molecule has 0 unspecified atom stereocenters. The third kappa shape index (κ3) is 4.78. The van der Waals surface area contributed by atoms with Gasteiger partial charge in [0.25, 0.3) is 5.91 Å². The molecule has 1 amide bonds. The lowest BCUT2D eigenvalue weighted by Gasteiger charge is -2.13. The molecule has 1 aromatic heterocycles. The van der Waals surface area contributed by atoms with Crippen molar-refractivity contribution in [3.8, 4) is 17.6 Å². The van der Waals surface area contributed by atoms with Crippen LogP contribution in [0.4, 0.5) is 17.3 Å². The first-order valence-electron chi connectivity index (χ1n) is 8.68. The summed E-state index contributed by atoms with van der Waals surface area (Å²) in [5.41, 5.74) is 2.50. The Morgan fingerprint density at radius 1 is 1.03 bits per heavy atom. The Morgan fingerprint density at radius 3 is 2.45 bits per heavy atom. The normalized spacial score (nSPS) is 10.0. The van der Waals surface area contributed by atoms with E-state index in [9.17, 15) is 4.79 Å². The summed E-state index contributed by atoms with van der Waals surface area (Å²) in [5.74, 6) is 1.08. The number of amides is 1. The molecule has 2 N–H and O–H groups in total. The largest absolute Gasteiger partial charge is 0.497 e. The van der Waals surface area contributed by atoms with Crippen LogP contribution < -0.4 is 20.1 Å². The van der Waals surface area contributed by atoms with Crippen LogP contribution in [0.1, 0.15) is 21.7 Å². The molecule has 3 aromatic rings. The maximum absolute atomic E-state index is 12.6. The van der Waals surface area contributed by atoms with Gasteiger partial charge < -0.3 is 20.1 Å². The number of carbonyl (C=O) groups excluding carboxylic acids is 1. The summed E-state index contributed by atoms with van der Waals surface area (Å²) in [6, 6.07) is 15.5. The smallest absolute Gasteiger partial charge is 0.274 e. The van der Waals surface area contributed by atoms with Gasteiger partial charge in [-0.25, -0.2) is 9.97 Å². The summed E-state index contributed by atoms with van der Waals surface area (Å²) < 4.78 is 10.6. The number of benzene rings is 2. The highest BCUT2D eigenvalue weighted by Gasteiger charge is 2.13. The van der Waals surface area contributed by atoms with Crippen LogP contribution in [-0.4, -0.2) is 30.1 Å². The predicted molar refractivity (Wildman–Crippen MR) is 109 cm³/mol. The second-order valence-electron chi connectivity index (χ2n) is 6.05. The van der Waals surface area contributed by atoms with Gasteiger partial charge in [-0.1, -0.05) is 0 Å². The van der Waals surface area contributed by atoms with E-state index in [4.69, 9.17) is 14.7 Å². The first-order chi connectivity index (χ1) is 14.0. The second-order valence-corrected chi connectivity index (χ2v) is 6.05. The number of nitrogens with one attached hydrogen (secondary N) is 2. The monoisotopic (exact) mass is 389 g/mol. The lowest BCUT2D eigenvalue weighted by molar-refractivity contribution is 0.102. The standard InChI is InChI=1S/C21H19N5O3/c1-13-10-18(20(27)24-15-6-4-14(12-22)5-7-15)26-21(23-13)25-17-11-16(28-2)8-9-19(17)29-3/h4-11H,1-3H3,(H,24,27)(H,23,25,26). The molecular formula is C21H19N5O3. The molecular weight excluding hydrogens is 370 g/mol. The number of aryl methyl sites for hydroxylation is 1. The van der Waals surface area contributed by atoms with E-state index in [1.165, 1.54) is 0 Å². The van der Waals surface area contributed by atoms with Gasteiger partial charge in [-0.3, -0.25) is 4.79 Å². The molecule has 3 rings (SSSR count). The molecule has 0 radical (unpaired) electrons. The molecule has 0 aliphatic rings. The van der Waals surface area contributed by atoms with Crippen LogP contribution in [0.25, 0.3) is 0 Å². The highest BCUT2D eigenvalue weighted by Crippen LogP contribution is 2.30. The maximum atomic E-state index is 12.6. The summed E-state index contributed by atoms with van der Waals surface area (Å²) in [5, 5.41) is 14.7. The predicted octanol–water partition coefficient (Wildman–Crippen LogP) is 3.67. The Labute approximate surface area is 168 Å². The van der Waals surface area contributed by atoms with Gasteiger partial charge in [-0.15, -0.1) is 0 Å². The molecule has 0 atom stereocenters. The van der Waals surface area contributed by atoms with Crippen LogP contribution in [0.15, 0.2) is 48.5 Å². The van der Waals surface area contributed by atoms with Crippen molar-refractivity contribution in [1.82, 2.24) is 9.97 Å². The fourth-order valence-electron chi connectivity index (χ4n) is 2.60. The van der Waals surface area contributed by atoms with Gasteiger partial charge in [-0.2, -0.15) is 5.26 Å². The van der Waals surface area contributed by atoms with E-state index in [2.05, 4.69) is 20.6 Å². The van der Waals surface area contributed by atoms with E-state index in [-0.39, 0.29) is 17.5 Å². The van der Waals surface area contributed by atoms with Gasteiger partial charge in [0.1, 0.15) is 17.2 Å². The van der Waals surface area contributed by atoms with Gasteiger partial charge in [0.2, 0.25) is 5.95 Å². The molecule has 2 aromatic carbocycles. The van der Waals surface area contributed by atoms with Gasteiger partial charge in [-0.05, 0) is 49.4 Å². The van der Waals surface area contributed by atoms with E-state index in [1.807, 2.05) is 6.07 Å². The zero-order valence-electron chi connectivity index (χ0n) is 16.2. The minimum Gasteiger partial charge on any atom is -0.497 e. The minimum absolute atomic E-state index is 0.200. The number of hydrogen-bond donors (Lipinski definition) is 2. The van der Waals surface area contributed by atoms with Crippen LogP contribution >= 0.6 is 0 Å². The van der Waals surface area contributed by atoms with Gasteiger partial charge >= 0.3 is 0 Å². The van der Waals surface area contributed by atoms with Crippen LogP contribution in [0.3, 0.4) is 0 Å². The number of nitrogens with zero attached hydrogens (tertiary/aromatic N) is 3. The van der Waals surface area contributed by atoms with E-state index in [1.54, 1.807) is 69.7 Å². The fourth-order valence-corrected chi connectivity index (χ4v) is 2.60. The fraction of sp³-hybridized carbons (Fsp3) is 0.143. The minimum atomic E-state index is -0.388. The summed E-state index contributed by atoms with van der Waals surface area (Å²) in [6.07, 6.45) is 0. The summed E-state index contributed by atoms with van der Waals surface area (Å²) in [7, 11) is 3.13. The third-order valence-electron chi connectivity index (χ3n) is 4.01. The number of nitriles is 1. The lowest BCUT2D eigenvalue weighted by Crippen LogP contribution is -2.15. The Hall–Kier alpha value is -4.12. The molecule has 0 fully saturated rings. The number of rotatable bonds is 6. The van der Waals surface area contributed by atoms with Gasteiger partial charge in [0.05, 0.1) is 31.5 Å². The number of methoxy groups -OCH3 is 2. The van der Waals surface area contributed by atoms with Crippen LogP contribution in [0, 0.1) is 18.3 Å². The third-order valence-corrected chi connectivity index (χ3v) is 4.01. The number of anilines is 3. The SMILES string of the molecule is COc1ccc(OC)c(Nc2nc(C)cc(C(=O)Nc3ccc(C#N)cc3)n2)c1. The number of hydrogen-bond acceptors (Lipinski definition) is 7. The van der Waals surface area contributed by atoms with Crippen molar-refractivity contribution in [2.45, 2.75) is 6.92 Å². The van der Waals surface area contributed by atoms with E-state index < -0.39 is 0 Å². The van der Waals surface area contributed by atoms with Crippen molar-refractivity contribution >= 4 is 23.2 Å². The average Bonchev–Trinajstić information content (AvgIpc) is 2.73. The van der Waals surface area contributed by atoms with Crippen molar-refractivity contribution in [3.63, 3.8) is 0 Å². The molecule has 0 saturated carbocycles. The lowest BCUT2D eigenvalue weighted by atomic mass is 10.2. The second kappa shape index (κ2) is 8.71. The Morgan fingerprint density at radius 2 is 1.79 bits per heavy atom. The molecule has 1 heterocycles. The van der Waals surface area contributed by atoms with Crippen LogP contribution in [0.5, 0.6) is 11.5 Å². The van der Waals surface area contributed by atoms with E-state index in [0.29, 0.717) is 34.1 Å². The highest BCUT2D eigenvalue weighted by atomic mass is 16.5. The molecule has 0 aliphatic heterocycles. The maximum Gasteiger partial charge on any atom is 0.274 e. The van der Waals surface area contributed by atoms with Gasteiger partial charge in [0, 0.05) is 17.4 Å². The molecule has 8 nitrogen and oxygen atoms in total. The zero-order valence-corrected chi connectivity index (χ0v) is 16.2. The zero-order chi connectivity index (χ0) is 20.8. The first kappa shape index (κ1) is 19.6. The quantitative estimate of drug-likeness (QED) is 0.662. The van der Waals surface area contributed by atoms with Crippen molar-refractivity contribution in [2.24, 2.45) is 0 Å². The van der Waals surface area contributed by atoms with Gasteiger partial charge in [0.15, 0.2) is 0 Å². The van der Waals surface area contributed by atoms with Crippen LogP contribution in [-0.2, 0) is 0 Å². The van der Waals surface area contributed by atoms with E-state index in [0.717, 1.165) is 0 Å². The van der Waals surface area contributed by atoms with Crippen molar-refractivity contribution in [3.05, 3.63) is 65.5 Å².